The van der Waals surface area contributed by atoms with E-state index in [2.05, 4.69) is 9.72 Å². The average Bonchev–Trinajstić information content (AvgIpc) is 2.51. The van der Waals surface area contributed by atoms with Crippen LogP contribution in [0.3, 0.4) is 0 Å². The molecule has 1 rings (SSSR count). The summed E-state index contributed by atoms with van der Waals surface area (Å²) in [5.74, 6) is 0.917. The zero-order valence-corrected chi connectivity index (χ0v) is 8.78. The molecule has 0 radical (unpaired) electrons. The highest BCUT2D eigenvalue weighted by atomic mass is 32.2. The number of ether oxygens (including phenoxy) is 1. The van der Waals surface area contributed by atoms with Crippen molar-refractivity contribution in [3.05, 3.63) is 11.1 Å². The van der Waals surface area contributed by atoms with Crippen molar-refractivity contribution >= 4 is 34.2 Å². The maximum Gasteiger partial charge on any atom is 0.315 e. The Morgan fingerprint density at radius 2 is 2.62 bits per heavy atom. The van der Waals surface area contributed by atoms with E-state index in [-0.39, 0.29) is 5.97 Å². The second kappa shape index (κ2) is 5.08. The van der Waals surface area contributed by atoms with E-state index in [0.29, 0.717) is 10.9 Å². The minimum absolute atomic E-state index is 0.206. The third-order valence-corrected chi connectivity index (χ3v) is 3.23. The molecule has 1 aromatic rings. The van der Waals surface area contributed by atoms with Crippen LogP contribution in [0.4, 0.5) is 5.13 Å². The van der Waals surface area contributed by atoms with Crippen LogP contribution in [0.15, 0.2) is 6.20 Å². The number of carbonyl (C=O) groups is 1. The van der Waals surface area contributed by atoms with Gasteiger partial charge in [-0.3, -0.25) is 4.79 Å². The van der Waals surface area contributed by atoms with Crippen molar-refractivity contribution in [1.29, 1.82) is 0 Å². The Hall–Kier alpha value is -0.750. The molecule has 72 valence electrons. The quantitative estimate of drug-likeness (QED) is 0.767. The summed E-state index contributed by atoms with van der Waals surface area (Å²) in [6.07, 6.45) is 1.73. The fourth-order valence-corrected chi connectivity index (χ4v) is 2.31. The number of nitrogens with zero attached hydrogens (tertiary/aromatic N) is 1. The topological polar surface area (TPSA) is 65.2 Å². The van der Waals surface area contributed by atoms with Crippen LogP contribution in [-0.2, 0) is 15.3 Å². The van der Waals surface area contributed by atoms with Crippen LogP contribution in [0.1, 0.15) is 4.88 Å². The van der Waals surface area contributed by atoms with Crippen LogP contribution < -0.4 is 5.73 Å². The Morgan fingerprint density at radius 3 is 3.15 bits per heavy atom. The van der Waals surface area contributed by atoms with Gasteiger partial charge in [-0.2, -0.15) is 0 Å². The number of hydrogen-bond acceptors (Lipinski definition) is 6. The van der Waals surface area contributed by atoms with Crippen molar-refractivity contribution in [2.24, 2.45) is 0 Å². The normalized spacial score (nSPS) is 9.92. The molecule has 0 aromatic carbocycles. The maximum atomic E-state index is 10.7. The first kappa shape index (κ1) is 10.3. The first-order chi connectivity index (χ1) is 6.22. The highest BCUT2D eigenvalue weighted by molar-refractivity contribution is 7.99. The van der Waals surface area contributed by atoms with Gasteiger partial charge in [0.25, 0.3) is 0 Å². The van der Waals surface area contributed by atoms with Crippen LogP contribution in [0.5, 0.6) is 0 Å². The number of methoxy groups -OCH3 is 1. The number of nitrogen functional groups attached to an aromatic ring is 1. The molecule has 0 bridgehead atoms. The number of nitrogens with two attached hydrogens (primary N) is 1. The Kier molecular flexibility index (Phi) is 4.04. The maximum absolute atomic E-state index is 10.7. The van der Waals surface area contributed by atoms with Crippen molar-refractivity contribution in [2.75, 3.05) is 18.6 Å². The van der Waals surface area contributed by atoms with Gasteiger partial charge in [0.05, 0.1) is 12.9 Å². The van der Waals surface area contributed by atoms with Gasteiger partial charge in [0.1, 0.15) is 0 Å². The van der Waals surface area contributed by atoms with Crippen LogP contribution in [0.2, 0.25) is 0 Å². The molecular weight excluding hydrogens is 208 g/mol. The van der Waals surface area contributed by atoms with Gasteiger partial charge in [-0.05, 0) is 0 Å². The monoisotopic (exact) mass is 218 g/mol. The van der Waals surface area contributed by atoms with Gasteiger partial charge in [-0.15, -0.1) is 23.1 Å². The molecule has 13 heavy (non-hydrogen) atoms. The number of aromatic nitrogens is 1. The van der Waals surface area contributed by atoms with Crippen LogP contribution in [0.25, 0.3) is 0 Å². The summed E-state index contributed by atoms with van der Waals surface area (Å²) in [4.78, 5) is 15.7. The lowest BCUT2D eigenvalue weighted by atomic mass is 10.6. The molecular formula is C7H10N2O2S2. The summed E-state index contributed by atoms with van der Waals surface area (Å²) in [6, 6.07) is 0. The lowest BCUT2D eigenvalue weighted by Gasteiger charge is -1.96. The van der Waals surface area contributed by atoms with Gasteiger partial charge in [-0.25, -0.2) is 4.98 Å². The third-order valence-electron chi connectivity index (χ3n) is 1.26. The van der Waals surface area contributed by atoms with Gasteiger partial charge < -0.3 is 10.5 Å². The van der Waals surface area contributed by atoms with Crippen LogP contribution in [0, 0.1) is 0 Å². The number of thioether (sulfide) groups is 1. The summed E-state index contributed by atoms with van der Waals surface area (Å²) in [5.41, 5.74) is 5.44. The summed E-state index contributed by atoms with van der Waals surface area (Å²) in [5, 5.41) is 0.564. The smallest absolute Gasteiger partial charge is 0.315 e. The summed E-state index contributed by atoms with van der Waals surface area (Å²) >= 11 is 2.93. The predicted octanol–water partition coefficient (Wildman–Crippen LogP) is 1.13. The lowest BCUT2D eigenvalue weighted by molar-refractivity contribution is -0.137. The average molecular weight is 218 g/mol. The fourth-order valence-electron chi connectivity index (χ4n) is 0.683. The van der Waals surface area contributed by atoms with E-state index in [4.69, 9.17) is 5.73 Å². The number of esters is 1. The molecule has 0 saturated carbocycles. The molecule has 0 saturated heterocycles. The SMILES string of the molecule is COC(=O)CSCc1cnc(N)s1. The largest absolute Gasteiger partial charge is 0.468 e. The Labute approximate surface area is 84.5 Å². The number of anilines is 1. The molecule has 0 aliphatic rings. The van der Waals surface area contributed by atoms with Crippen molar-refractivity contribution in [3.63, 3.8) is 0 Å². The minimum Gasteiger partial charge on any atom is -0.468 e. The Bertz CT molecular complexity index is 288. The van der Waals surface area contributed by atoms with Gasteiger partial charge >= 0.3 is 5.97 Å². The van der Waals surface area contributed by atoms with Crippen molar-refractivity contribution in [2.45, 2.75) is 5.75 Å². The van der Waals surface area contributed by atoms with Crippen LogP contribution in [-0.4, -0.2) is 23.8 Å². The summed E-state index contributed by atoms with van der Waals surface area (Å²) in [7, 11) is 1.38. The molecule has 2 N–H and O–H groups in total. The molecule has 0 atom stereocenters. The van der Waals surface area contributed by atoms with E-state index in [0.717, 1.165) is 10.6 Å². The van der Waals surface area contributed by atoms with Gasteiger partial charge in [-0.1, -0.05) is 0 Å². The first-order valence-corrected chi connectivity index (χ1v) is 5.54. The van der Waals surface area contributed by atoms with Gasteiger partial charge in [0.15, 0.2) is 5.13 Å². The third kappa shape index (κ3) is 3.65. The highest BCUT2D eigenvalue weighted by Gasteiger charge is 2.02. The first-order valence-electron chi connectivity index (χ1n) is 3.57. The van der Waals surface area contributed by atoms with E-state index in [9.17, 15) is 4.79 Å². The van der Waals surface area contributed by atoms with E-state index < -0.39 is 0 Å². The molecule has 0 unspecified atom stereocenters. The predicted molar refractivity (Wildman–Crippen MR) is 54.7 cm³/mol. The number of carbonyl (C=O) groups excluding carboxylic acids is 1. The number of hydrogen-bond donors (Lipinski definition) is 1. The zero-order chi connectivity index (χ0) is 9.68. The molecule has 6 heteroatoms. The van der Waals surface area contributed by atoms with E-state index in [1.54, 1.807) is 6.20 Å². The van der Waals surface area contributed by atoms with E-state index in [1.165, 1.54) is 30.2 Å². The fraction of sp³-hybridized carbons (Fsp3) is 0.429. The second-order valence-corrected chi connectivity index (χ2v) is 4.37. The minimum atomic E-state index is -0.206. The van der Waals surface area contributed by atoms with Crippen molar-refractivity contribution in [3.8, 4) is 0 Å². The molecule has 0 aliphatic carbocycles. The number of thiazole rings is 1. The molecule has 1 heterocycles. The summed E-state index contributed by atoms with van der Waals surface area (Å²) in [6.45, 7) is 0. The van der Waals surface area contributed by atoms with Gasteiger partial charge in [0, 0.05) is 16.8 Å². The van der Waals surface area contributed by atoms with Crippen molar-refractivity contribution in [1.82, 2.24) is 4.98 Å². The Balaban J connectivity index is 2.24. The highest BCUT2D eigenvalue weighted by Crippen LogP contribution is 2.20. The zero-order valence-electron chi connectivity index (χ0n) is 7.15. The van der Waals surface area contributed by atoms with Gasteiger partial charge in [0.2, 0.25) is 0 Å². The van der Waals surface area contributed by atoms with Crippen molar-refractivity contribution < 1.29 is 9.53 Å². The Morgan fingerprint density at radius 1 is 1.85 bits per heavy atom. The molecule has 0 amide bonds. The number of rotatable bonds is 4. The molecule has 0 aliphatic heterocycles. The standard InChI is InChI=1S/C7H10N2O2S2/c1-11-6(10)4-12-3-5-2-9-7(8)13-5/h2H,3-4H2,1H3,(H2,8,9). The molecule has 4 nitrogen and oxygen atoms in total. The van der Waals surface area contributed by atoms with E-state index >= 15 is 0 Å². The molecule has 1 aromatic heterocycles. The molecule has 0 fully saturated rings. The van der Waals surface area contributed by atoms with Crippen LogP contribution >= 0.6 is 23.1 Å². The van der Waals surface area contributed by atoms with E-state index in [1.807, 2.05) is 0 Å². The second-order valence-electron chi connectivity index (χ2n) is 2.23. The molecule has 0 spiro atoms. The summed E-state index contributed by atoms with van der Waals surface area (Å²) < 4.78 is 4.50. The lowest BCUT2D eigenvalue weighted by Crippen LogP contribution is -2.02.